The van der Waals surface area contributed by atoms with Gasteiger partial charge in [0, 0.05) is 48.9 Å². The van der Waals surface area contributed by atoms with E-state index in [2.05, 4.69) is 22.7 Å². The molecule has 1 aromatic heterocycles. The Balaban J connectivity index is 1.09. The first-order valence-corrected chi connectivity index (χ1v) is 14.2. The van der Waals surface area contributed by atoms with Crippen molar-refractivity contribution in [1.82, 2.24) is 24.9 Å². The Kier molecular flexibility index (Phi) is 6.67. The van der Waals surface area contributed by atoms with Gasteiger partial charge in [-0.15, -0.1) is 0 Å². The zero-order chi connectivity index (χ0) is 28.0. The van der Waals surface area contributed by atoms with Crippen LogP contribution in [0.2, 0.25) is 0 Å². The average molecular weight is 547 g/mol. The number of hydrogen-bond acceptors (Lipinski definition) is 7. The van der Waals surface area contributed by atoms with Crippen molar-refractivity contribution < 1.29 is 24.0 Å². The van der Waals surface area contributed by atoms with Gasteiger partial charge in [-0.25, -0.2) is 0 Å². The fourth-order valence-electron chi connectivity index (χ4n) is 6.61. The number of rotatable bonds is 6. The molecule has 210 valence electrons. The highest BCUT2D eigenvalue weighted by atomic mass is 16.2. The van der Waals surface area contributed by atoms with E-state index < -0.39 is 29.7 Å². The van der Waals surface area contributed by atoms with E-state index in [1.165, 1.54) is 0 Å². The molecule has 1 unspecified atom stereocenters. The molecule has 1 aromatic carbocycles. The number of nitrogens with zero attached hydrogens (tertiary/aromatic N) is 4. The number of carbonyl (C=O) groups excluding carboxylic acids is 5. The Bertz CT molecular complexity index is 1380. The predicted octanol–water partition coefficient (Wildman–Crippen LogP) is 2.64. The van der Waals surface area contributed by atoms with E-state index in [4.69, 9.17) is 0 Å². The summed E-state index contributed by atoms with van der Waals surface area (Å²) in [6.07, 6.45) is 9.92. The Morgan fingerprint density at radius 3 is 2.55 bits per heavy atom. The van der Waals surface area contributed by atoms with Crippen LogP contribution in [0.15, 0.2) is 30.6 Å². The quantitative estimate of drug-likeness (QED) is 0.532. The number of piperidine rings is 2. The Morgan fingerprint density at radius 2 is 1.82 bits per heavy atom. The van der Waals surface area contributed by atoms with Crippen LogP contribution in [0.3, 0.4) is 0 Å². The molecular formula is C29H34N6O5. The maximum atomic E-state index is 13.3. The van der Waals surface area contributed by atoms with Crippen LogP contribution in [0.1, 0.15) is 90.6 Å². The van der Waals surface area contributed by atoms with E-state index in [0.29, 0.717) is 18.1 Å². The largest absolute Gasteiger partial charge is 0.380 e. The van der Waals surface area contributed by atoms with Gasteiger partial charge in [-0.05, 0) is 44.2 Å². The molecule has 2 saturated heterocycles. The average Bonchev–Trinajstić information content (AvgIpc) is 3.67. The number of anilines is 1. The summed E-state index contributed by atoms with van der Waals surface area (Å²) in [6.45, 7) is 3.98. The zero-order valence-corrected chi connectivity index (χ0v) is 22.6. The summed E-state index contributed by atoms with van der Waals surface area (Å²) in [6, 6.07) is 4.23. The highest BCUT2D eigenvalue weighted by molar-refractivity contribution is 6.25. The number of fused-ring (bicyclic) bond motifs is 1. The van der Waals surface area contributed by atoms with E-state index in [9.17, 15) is 24.0 Å². The summed E-state index contributed by atoms with van der Waals surface area (Å²) in [5.74, 6) is -1.80. The third kappa shape index (κ3) is 4.56. The molecule has 0 radical (unpaired) electrons. The molecule has 1 aliphatic carbocycles. The minimum Gasteiger partial charge on any atom is -0.380 e. The molecular weight excluding hydrogens is 512 g/mol. The van der Waals surface area contributed by atoms with Gasteiger partial charge in [0.05, 0.1) is 23.4 Å². The Hall–Kier alpha value is -4.02. The van der Waals surface area contributed by atoms with Crippen LogP contribution in [0.5, 0.6) is 0 Å². The van der Waals surface area contributed by atoms with Crippen molar-refractivity contribution in [2.75, 3.05) is 18.4 Å². The Morgan fingerprint density at radius 1 is 1.07 bits per heavy atom. The van der Waals surface area contributed by atoms with Crippen LogP contribution in [-0.4, -0.2) is 68.2 Å². The second-order valence-corrected chi connectivity index (χ2v) is 11.6. The minimum absolute atomic E-state index is 0.0770. The highest BCUT2D eigenvalue weighted by Crippen LogP contribution is 2.40. The minimum atomic E-state index is -1.00. The summed E-state index contributed by atoms with van der Waals surface area (Å²) in [7, 11) is 0. The van der Waals surface area contributed by atoms with Gasteiger partial charge in [-0.2, -0.15) is 5.10 Å². The molecule has 0 bridgehead atoms. The van der Waals surface area contributed by atoms with Crippen LogP contribution in [-0.2, 0) is 20.9 Å². The lowest BCUT2D eigenvalue weighted by Crippen LogP contribution is -2.54. The first-order valence-electron chi connectivity index (χ1n) is 14.2. The van der Waals surface area contributed by atoms with Crippen LogP contribution >= 0.6 is 0 Å². The molecule has 5 amide bonds. The number of carbonyl (C=O) groups is 5. The maximum absolute atomic E-state index is 13.3. The molecule has 1 atom stereocenters. The standard InChI is InChI=1S/C29H34N6O5/c1-29(11-2-3-12-29)28(40)33-13-9-19(10-14-33)34-17-18(16-31-34)15-30-21-6-4-5-20-24(21)27(39)35(26(20)38)22-7-8-23(36)32-25(22)37/h4-6,16-17,19,22,30H,2-3,7-15H2,1H3,(H,32,36,37). The normalized spacial score (nSPS) is 23.0. The number of nitrogens with one attached hydrogen (secondary N) is 2. The third-order valence-electron chi connectivity index (χ3n) is 8.96. The Labute approximate surface area is 232 Å². The van der Waals surface area contributed by atoms with Crippen molar-refractivity contribution in [1.29, 1.82) is 0 Å². The summed E-state index contributed by atoms with van der Waals surface area (Å²) in [5, 5.41) is 10.1. The van der Waals surface area contributed by atoms with Crippen molar-refractivity contribution in [3.05, 3.63) is 47.3 Å². The summed E-state index contributed by atoms with van der Waals surface area (Å²) >= 11 is 0. The van der Waals surface area contributed by atoms with Crippen LogP contribution in [0.4, 0.5) is 5.69 Å². The topological polar surface area (TPSA) is 134 Å². The van der Waals surface area contributed by atoms with Crippen LogP contribution in [0, 0.1) is 5.41 Å². The first-order chi connectivity index (χ1) is 19.2. The second kappa shape index (κ2) is 10.2. The number of amides is 5. The van der Waals surface area contributed by atoms with Gasteiger partial charge >= 0.3 is 0 Å². The third-order valence-corrected chi connectivity index (χ3v) is 8.96. The summed E-state index contributed by atoms with van der Waals surface area (Å²) in [5.41, 5.74) is 1.71. The predicted molar refractivity (Wildman–Crippen MR) is 144 cm³/mol. The molecule has 3 aliphatic heterocycles. The molecule has 40 heavy (non-hydrogen) atoms. The lowest BCUT2D eigenvalue weighted by atomic mass is 9.86. The van der Waals surface area contributed by atoms with Crippen molar-refractivity contribution in [3.8, 4) is 0 Å². The van der Waals surface area contributed by atoms with Gasteiger partial charge in [-0.3, -0.25) is 38.9 Å². The fraction of sp³-hybridized carbons (Fsp3) is 0.517. The van der Waals surface area contributed by atoms with Crippen LogP contribution < -0.4 is 10.6 Å². The number of benzene rings is 1. The van der Waals surface area contributed by atoms with Gasteiger partial charge in [0.15, 0.2) is 0 Å². The number of imide groups is 2. The van der Waals surface area contributed by atoms with E-state index in [1.807, 2.05) is 15.8 Å². The summed E-state index contributed by atoms with van der Waals surface area (Å²) < 4.78 is 1.96. The molecule has 1 saturated carbocycles. The van der Waals surface area contributed by atoms with E-state index >= 15 is 0 Å². The second-order valence-electron chi connectivity index (χ2n) is 11.6. The number of likely N-dealkylation sites (tertiary alicyclic amines) is 1. The van der Waals surface area contributed by atoms with E-state index in [-0.39, 0.29) is 35.4 Å². The van der Waals surface area contributed by atoms with Gasteiger partial charge < -0.3 is 10.2 Å². The van der Waals surface area contributed by atoms with Crippen molar-refractivity contribution in [3.63, 3.8) is 0 Å². The molecule has 2 aromatic rings. The maximum Gasteiger partial charge on any atom is 0.264 e. The highest BCUT2D eigenvalue weighted by Gasteiger charge is 2.45. The van der Waals surface area contributed by atoms with Gasteiger partial charge in [0.25, 0.3) is 11.8 Å². The van der Waals surface area contributed by atoms with Gasteiger partial charge in [-0.1, -0.05) is 25.8 Å². The van der Waals surface area contributed by atoms with Crippen molar-refractivity contribution >= 4 is 35.2 Å². The SMILES string of the molecule is CC1(C(=O)N2CCC(n3cc(CNc4cccc5c4C(=O)N(C4CCC(=O)NC4=O)C5=O)cn3)CC2)CCCC1. The molecule has 4 heterocycles. The molecule has 2 N–H and O–H groups in total. The lowest BCUT2D eigenvalue weighted by Gasteiger charge is -2.37. The number of aromatic nitrogens is 2. The first kappa shape index (κ1) is 26.2. The van der Waals surface area contributed by atoms with Gasteiger partial charge in [0.2, 0.25) is 17.7 Å². The van der Waals surface area contributed by atoms with Crippen molar-refractivity contribution in [2.24, 2.45) is 5.41 Å². The molecule has 0 spiro atoms. The lowest BCUT2D eigenvalue weighted by molar-refractivity contribution is -0.142. The molecule has 6 rings (SSSR count). The molecule has 11 nitrogen and oxygen atoms in total. The zero-order valence-electron chi connectivity index (χ0n) is 22.6. The van der Waals surface area contributed by atoms with Gasteiger partial charge in [0.1, 0.15) is 6.04 Å². The van der Waals surface area contributed by atoms with E-state index in [1.54, 1.807) is 24.4 Å². The smallest absolute Gasteiger partial charge is 0.264 e. The monoisotopic (exact) mass is 546 g/mol. The fourth-order valence-corrected chi connectivity index (χ4v) is 6.61. The van der Waals surface area contributed by atoms with E-state index in [0.717, 1.165) is 62.1 Å². The summed E-state index contributed by atoms with van der Waals surface area (Å²) in [4.78, 5) is 66.4. The molecule has 11 heteroatoms. The van der Waals surface area contributed by atoms with Crippen LogP contribution in [0.25, 0.3) is 0 Å². The molecule has 3 fully saturated rings. The van der Waals surface area contributed by atoms with Crippen molar-refractivity contribution in [2.45, 2.75) is 76.9 Å². The molecule has 4 aliphatic rings. The number of hydrogen-bond donors (Lipinski definition) is 2.